The number of ether oxygens (including phenoxy) is 1. The Labute approximate surface area is 183 Å². The van der Waals surface area contributed by atoms with Gasteiger partial charge in [0, 0.05) is 11.4 Å². The van der Waals surface area contributed by atoms with Gasteiger partial charge < -0.3 is 20.1 Å². The smallest absolute Gasteiger partial charge is 0.336 e. The molecule has 1 aliphatic rings. The van der Waals surface area contributed by atoms with Crippen LogP contribution in [0.1, 0.15) is 29.5 Å². The fourth-order valence-electron chi connectivity index (χ4n) is 3.64. The molecule has 1 aromatic heterocycles. The van der Waals surface area contributed by atoms with Crippen LogP contribution in [0.3, 0.4) is 0 Å². The standard InChI is InChI=1S/C23H21N3O4S/c1-13-17(22(29)30-2)18(15-9-6-10-16(27)11-15)19-20(24-13)25-23(26-21(19)28)31-12-14-7-4-3-5-8-14/h3-11,18,27H,12H2,1-2H3,(H2,24,25,26,28)/t18-/m1/s1. The monoisotopic (exact) mass is 435 g/mol. The van der Waals surface area contributed by atoms with Gasteiger partial charge in [-0.05, 0) is 30.2 Å². The van der Waals surface area contributed by atoms with E-state index in [-0.39, 0.29) is 11.3 Å². The molecule has 0 saturated heterocycles. The van der Waals surface area contributed by atoms with Crippen LogP contribution in [0.4, 0.5) is 5.82 Å². The Balaban J connectivity index is 1.78. The molecule has 0 unspecified atom stereocenters. The van der Waals surface area contributed by atoms with Crippen LogP contribution in [-0.2, 0) is 15.3 Å². The molecule has 0 bridgehead atoms. The summed E-state index contributed by atoms with van der Waals surface area (Å²) in [5, 5.41) is 13.5. The molecule has 158 valence electrons. The van der Waals surface area contributed by atoms with Crippen LogP contribution < -0.4 is 10.9 Å². The van der Waals surface area contributed by atoms with E-state index in [1.54, 1.807) is 19.1 Å². The first-order valence-electron chi connectivity index (χ1n) is 9.64. The summed E-state index contributed by atoms with van der Waals surface area (Å²) in [7, 11) is 1.30. The first kappa shape index (κ1) is 20.7. The molecule has 1 aliphatic heterocycles. The van der Waals surface area contributed by atoms with Gasteiger partial charge in [0.1, 0.15) is 11.6 Å². The van der Waals surface area contributed by atoms with E-state index in [0.29, 0.717) is 39.1 Å². The second-order valence-electron chi connectivity index (χ2n) is 7.09. The highest BCUT2D eigenvalue weighted by Crippen LogP contribution is 2.40. The van der Waals surface area contributed by atoms with Crippen molar-refractivity contribution in [2.24, 2.45) is 0 Å². The Hall–Kier alpha value is -3.52. The molecular formula is C23H21N3O4S. The number of nitrogens with one attached hydrogen (secondary N) is 2. The summed E-state index contributed by atoms with van der Waals surface area (Å²) in [6, 6.07) is 16.4. The number of phenols is 1. The van der Waals surface area contributed by atoms with Crippen LogP contribution in [0.2, 0.25) is 0 Å². The van der Waals surface area contributed by atoms with Crippen molar-refractivity contribution < 1.29 is 14.6 Å². The molecule has 4 rings (SSSR count). The minimum Gasteiger partial charge on any atom is -0.508 e. The van der Waals surface area contributed by atoms with E-state index in [9.17, 15) is 14.7 Å². The number of hydrogen-bond donors (Lipinski definition) is 3. The number of allylic oxidation sites excluding steroid dienone is 1. The maximum absolute atomic E-state index is 13.1. The van der Waals surface area contributed by atoms with E-state index in [2.05, 4.69) is 15.3 Å². The van der Waals surface area contributed by atoms with Crippen molar-refractivity contribution in [3.8, 4) is 5.75 Å². The number of H-pyrrole nitrogens is 1. The molecular weight excluding hydrogens is 414 g/mol. The fraction of sp³-hybridized carbons (Fsp3) is 0.174. The second kappa shape index (κ2) is 8.69. The van der Waals surface area contributed by atoms with Gasteiger partial charge in [0.25, 0.3) is 5.56 Å². The van der Waals surface area contributed by atoms with Crippen LogP contribution >= 0.6 is 11.8 Å². The van der Waals surface area contributed by atoms with Crippen LogP contribution in [0.5, 0.6) is 5.75 Å². The lowest BCUT2D eigenvalue weighted by molar-refractivity contribution is -0.136. The van der Waals surface area contributed by atoms with Crippen molar-refractivity contribution >= 4 is 23.5 Å². The number of carbonyl (C=O) groups excluding carboxylic acids is 1. The number of rotatable bonds is 5. The lowest BCUT2D eigenvalue weighted by Gasteiger charge is -2.28. The summed E-state index contributed by atoms with van der Waals surface area (Å²) in [6.45, 7) is 1.74. The summed E-state index contributed by atoms with van der Waals surface area (Å²) in [5.74, 6) is -0.191. The third kappa shape index (κ3) is 4.20. The maximum Gasteiger partial charge on any atom is 0.336 e. The number of esters is 1. The molecule has 0 aliphatic carbocycles. The number of hydrogen-bond acceptors (Lipinski definition) is 7. The van der Waals surface area contributed by atoms with Gasteiger partial charge in [-0.3, -0.25) is 4.79 Å². The Kier molecular flexibility index (Phi) is 5.81. The predicted octanol–water partition coefficient (Wildman–Crippen LogP) is 3.77. The zero-order valence-corrected chi connectivity index (χ0v) is 17.8. The number of anilines is 1. The van der Waals surface area contributed by atoms with Gasteiger partial charge >= 0.3 is 5.97 Å². The molecule has 0 amide bonds. The van der Waals surface area contributed by atoms with Gasteiger partial charge in [0.2, 0.25) is 0 Å². The molecule has 3 N–H and O–H groups in total. The predicted molar refractivity (Wildman–Crippen MR) is 119 cm³/mol. The Bertz CT molecular complexity index is 1220. The first-order valence-corrected chi connectivity index (χ1v) is 10.6. The van der Waals surface area contributed by atoms with E-state index in [4.69, 9.17) is 4.74 Å². The molecule has 0 radical (unpaired) electrons. The number of thioether (sulfide) groups is 1. The molecule has 1 atom stereocenters. The van der Waals surface area contributed by atoms with E-state index in [1.165, 1.54) is 31.0 Å². The third-order valence-corrected chi connectivity index (χ3v) is 5.99. The molecule has 2 aromatic carbocycles. The first-order chi connectivity index (χ1) is 15.0. The van der Waals surface area contributed by atoms with Gasteiger partial charge in [0.05, 0.1) is 24.2 Å². The Morgan fingerprint density at radius 2 is 1.97 bits per heavy atom. The van der Waals surface area contributed by atoms with E-state index >= 15 is 0 Å². The van der Waals surface area contributed by atoms with Crippen molar-refractivity contribution in [1.82, 2.24) is 9.97 Å². The van der Waals surface area contributed by atoms with Crippen LogP contribution in [0.15, 0.2) is 75.8 Å². The zero-order valence-electron chi connectivity index (χ0n) is 17.0. The maximum atomic E-state index is 13.1. The number of methoxy groups -OCH3 is 1. The number of phenolic OH excluding ortho intramolecular Hbond substituents is 1. The molecule has 8 heteroatoms. The minimum atomic E-state index is -0.722. The SMILES string of the molecule is COC(=O)C1=C(C)Nc2nc(SCc3ccccc3)[nH]c(=O)c2[C@@H]1c1cccc(O)c1. The number of carbonyl (C=O) groups is 1. The highest BCUT2D eigenvalue weighted by molar-refractivity contribution is 7.98. The molecule has 0 saturated carbocycles. The second-order valence-corrected chi connectivity index (χ2v) is 8.05. The quantitative estimate of drug-likeness (QED) is 0.318. The Morgan fingerprint density at radius 3 is 2.68 bits per heavy atom. The topological polar surface area (TPSA) is 104 Å². The number of aromatic hydroxyl groups is 1. The van der Waals surface area contributed by atoms with Gasteiger partial charge in [-0.2, -0.15) is 0 Å². The summed E-state index contributed by atoms with van der Waals surface area (Å²) in [4.78, 5) is 33.2. The third-order valence-electron chi connectivity index (χ3n) is 5.05. The largest absolute Gasteiger partial charge is 0.508 e. The molecule has 0 fully saturated rings. The fourth-order valence-corrected chi connectivity index (χ4v) is 4.46. The number of aromatic nitrogens is 2. The normalized spacial score (nSPS) is 15.2. The van der Waals surface area contributed by atoms with Gasteiger partial charge in [0.15, 0.2) is 5.16 Å². The average molecular weight is 436 g/mol. The average Bonchev–Trinajstić information content (AvgIpc) is 2.77. The molecule has 31 heavy (non-hydrogen) atoms. The number of nitrogens with zero attached hydrogens (tertiary/aromatic N) is 1. The van der Waals surface area contributed by atoms with E-state index < -0.39 is 11.9 Å². The Morgan fingerprint density at radius 1 is 1.19 bits per heavy atom. The summed E-state index contributed by atoms with van der Waals surface area (Å²) in [6.07, 6.45) is 0. The summed E-state index contributed by atoms with van der Waals surface area (Å²) < 4.78 is 4.97. The lowest BCUT2D eigenvalue weighted by atomic mass is 9.82. The highest BCUT2D eigenvalue weighted by atomic mass is 32.2. The van der Waals surface area contributed by atoms with Crippen molar-refractivity contribution in [3.05, 3.63) is 92.9 Å². The minimum absolute atomic E-state index is 0.0406. The number of fused-ring (bicyclic) bond motifs is 1. The highest BCUT2D eigenvalue weighted by Gasteiger charge is 2.36. The van der Waals surface area contributed by atoms with E-state index in [0.717, 1.165) is 5.56 Å². The van der Waals surface area contributed by atoms with Crippen molar-refractivity contribution in [1.29, 1.82) is 0 Å². The summed E-state index contributed by atoms with van der Waals surface area (Å²) in [5.41, 5.74) is 2.51. The zero-order chi connectivity index (χ0) is 22.0. The van der Waals surface area contributed by atoms with Crippen molar-refractivity contribution in [3.63, 3.8) is 0 Å². The summed E-state index contributed by atoms with van der Waals surface area (Å²) >= 11 is 1.42. The van der Waals surface area contributed by atoms with Crippen LogP contribution in [-0.4, -0.2) is 28.2 Å². The molecule has 7 nitrogen and oxygen atoms in total. The number of aromatic amines is 1. The van der Waals surface area contributed by atoms with Crippen LogP contribution in [0.25, 0.3) is 0 Å². The molecule has 2 heterocycles. The van der Waals surface area contributed by atoms with E-state index in [1.807, 2.05) is 30.3 Å². The number of benzene rings is 2. The van der Waals surface area contributed by atoms with Crippen molar-refractivity contribution in [2.45, 2.75) is 23.8 Å². The van der Waals surface area contributed by atoms with Gasteiger partial charge in [-0.1, -0.05) is 54.2 Å². The van der Waals surface area contributed by atoms with Gasteiger partial charge in [-0.15, -0.1) is 0 Å². The molecule has 0 spiro atoms. The molecule has 3 aromatic rings. The van der Waals surface area contributed by atoms with Crippen LogP contribution in [0, 0.1) is 0 Å². The van der Waals surface area contributed by atoms with Crippen molar-refractivity contribution in [2.75, 3.05) is 12.4 Å². The van der Waals surface area contributed by atoms with Gasteiger partial charge in [-0.25, -0.2) is 9.78 Å². The lowest BCUT2D eigenvalue weighted by Crippen LogP contribution is -2.30.